The Morgan fingerprint density at radius 3 is 2.60 bits per heavy atom. The van der Waals surface area contributed by atoms with Gasteiger partial charge in [-0.15, -0.1) is 11.3 Å². The third kappa shape index (κ3) is 2.79. The molecule has 1 aliphatic rings. The number of thiazole rings is 1. The fourth-order valence-corrected chi connectivity index (χ4v) is 3.87. The number of benzene rings is 1. The zero-order valence-corrected chi connectivity index (χ0v) is 13.0. The number of nitrogens with one attached hydrogen (secondary N) is 1. The zero-order chi connectivity index (χ0) is 14.0. The van der Waals surface area contributed by atoms with Gasteiger partial charge < -0.3 is 5.32 Å². The number of hydrogen-bond acceptors (Lipinski definition) is 3. The van der Waals surface area contributed by atoms with Crippen LogP contribution in [0.5, 0.6) is 0 Å². The Hall–Kier alpha value is -1.19. The highest BCUT2D eigenvalue weighted by atomic mass is 32.1. The summed E-state index contributed by atoms with van der Waals surface area (Å²) in [6.45, 7) is 4.44. The molecule has 0 aliphatic heterocycles. The minimum atomic E-state index is 0.152. The molecule has 0 atom stereocenters. The predicted molar refractivity (Wildman–Crippen MR) is 85.2 cm³/mol. The minimum absolute atomic E-state index is 0.152. The third-order valence-electron chi connectivity index (χ3n) is 4.01. The molecule has 20 heavy (non-hydrogen) atoms. The van der Waals surface area contributed by atoms with Crippen molar-refractivity contribution in [3.8, 4) is 0 Å². The van der Waals surface area contributed by atoms with Gasteiger partial charge in [-0.3, -0.25) is 0 Å². The molecular weight excluding hydrogens is 264 g/mol. The molecule has 106 valence electrons. The van der Waals surface area contributed by atoms with Gasteiger partial charge in [0, 0.05) is 17.8 Å². The van der Waals surface area contributed by atoms with Crippen LogP contribution in [0.1, 0.15) is 49.4 Å². The number of rotatable bonds is 5. The first-order valence-corrected chi connectivity index (χ1v) is 8.32. The highest BCUT2D eigenvalue weighted by Gasteiger charge is 2.40. The topological polar surface area (TPSA) is 24.9 Å². The van der Waals surface area contributed by atoms with Crippen molar-refractivity contribution in [1.82, 2.24) is 10.3 Å². The molecule has 1 heterocycles. The number of hydrogen-bond donors (Lipinski definition) is 1. The maximum absolute atomic E-state index is 4.91. The maximum atomic E-state index is 4.91. The molecule has 3 heteroatoms. The van der Waals surface area contributed by atoms with Gasteiger partial charge in [-0.05, 0) is 38.7 Å². The van der Waals surface area contributed by atoms with Gasteiger partial charge >= 0.3 is 0 Å². The maximum Gasteiger partial charge on any atom is 0.0973 e. The van der Waals surface area contributed by atoms with Crippen molar-refractivity contribution in [3.05, 3.63) is 52.0 Å². The molecule has 1 N–H and O–H groups in total. The van der Waals surface area contributed by atoms with Crippen LogP contribution in [0.2, 0.25) is 0 Å². The van der Waals surface area contributed by atoms with E-state index in [9.17, 15) is 0 Å². The monoisotopic (exact) mass is 286 g/mol. The van der Waals surface area contributed by atoms with Gasteiger partial charge in [0.2, 0.25) is 0 Å². The molecule has 1 aromatic carbocycles. The van der Waals surface area contributed by atoms with E-state index in [1.165, 1.54) is 35.5 Å². The molecule has 0 bridgehead atoms. The second-order valence-electron chi connectivity index (χ2n) is 6.02. The Kier molecular flexibility index (Phi) is 3.90. The van der Waals surface area contributed by atoms with Crippen LogP contribution in [0.3, 0.4) is 0 Å². The van der Waals surface area contributed by atoms with Crippen LogP contribution in [-0.2, 0) is 12.0 Å². The quantitative estimate of drug-likeness (QED) is 0.894. The summed E-state index contributed by atoms with van der Waals surface area (Å²) < 4.78 is 0. The van der Waals surface area contributed by atoms with E-state index in [1.807, 2.05) is 0 Å². The van der Waals surface area contributed by atoms with Crippen LogP contribution in [0.15, 0.2) is 35.7 Å². The molecule has 0 radical (unpaired) electrons. The Morgan fingerprint density at radius 2 is 2.00 bits per heavy atom. The van der Waals surface area contributed by atoms with Crippen molar-refractivity contribution in [2.45, 2.75) is 51.1 Å². The Bertz CT molecular complexity index is 555. The summed E-state index contributed by atoms with van der Waals surface area (Å²) in [6.07, 6.45) is 4.70. The van der Waals surface area contributed by atoms with E-state index in [1.54, 1.807) is 11.3 Å². The Balaban J connectivity index is 1.76. The second kappa shape index (κ2) is 5.66. The summed E-state index contributed by atoms with van der Waals surface area (Å²) >= 11 is 1.80. The second-order valence-corrected chi connectivity index (χ2v) is 6.97. The first-order chi connectivity index (χ1) is 9.68. The largest absolute Gasteiger partial charge is 0.304 e. The summed E-state index contributed by atoms with van der Waals surface area (Å²) in [7, 11) is 0. The summed E-state index contributed by atoms with van der Waals surface area (Å²) in [4.78, 5) is 4.91. The summed E-state index contributed by atoms with van der Waals surface area (Å²) in [5.74, 6) is 0. The molecule has 1 aliphatic carbocycles. The zero-order valence-electron chi connectivity index (χ0n) is 12.2. The number of aromatic nitrogens is 1. The lowest BCUT2D eigenvalue weighted by atomic mass is 9.74. The van der Waals surface area contributed by atoms with Gasteiger partial charge in [-0.2, -0.15) is 0 Å². The van der Waals surface area contributed by atoms with Crippen molar-refractivity contribution in [3.63, 3.8) is 0 Å². The molecule has 2 aromatic rings. The van der Waals surface area contributed by atoms with E-state index in [2.05, 4.69) is 54.9 Å². The fraction of sp³-hybridized carbons (Fsp3) is 0.471. The van der Waals surface area contributed by atoms with Crippen molar-refractivity contribution in [1.29, 1.82) is 0 Å². The molecule has 0 amide bonds. The minimum Gasteiger partial charge on any atom is -0.304 e. The van der Waals surface area contributed by atoms with Crippen LogP contribution in [0.4, 0.5) is 0 Å². The lowest BCUT2D eigenvalue weighted by molar-refractivity contribution is 0.166. The molecule has 2 nitrogen and oxygen atoms in total. The Labute approximate surface area is 125 Å². The summed E-state index contributed by atoms with van der Waals surface area (Å²) in [5.41, 5.74) is 2.75. The average Bonchev–Trinajstić information content (AvgIpc) is 2.83. The lowest BCUT2D eigenvalue weighted by Crippen LogP contribution is -2.51. The van der Waals surface area contributed by atoms with Gasteiger partial charge in [0.05, 0.1) is 16.2 Å². The first-order valence-electron chi connectivity index (χ1n) is 7.44. The normalized spacial score (nSPS) is 17.1. The van der Waals surface area contributed by atoms with Gasteiger partial charge in [0.1, 0.15) is 0 Å². The molecule has 1 saturated carbocycles. The van der Waals surface area contributed by atoms with E-state index in [4.69, 9.17) is 4.98 Å². The molecule has 3 rings (SSSR count). The van der Waals surface area contributed by atoms with E-state index in [-0.39, 0.29) is 5.54 Å². The number of nitrogens with zero attached hydrogens (tertiary/aromatic N) is 1. The molecule has 0 spiro atoms. The van der Waals surface area contributed by atoms with Crippen molar-refractivity contribution in [2.24, 2.45) is 0 Å². The molecule has 1 fully saturated rings. The van der Waals surface area contributed by atoms with Gasteiger partial charge in [0.15, 0.2) is 0 Å². The molecule has 0 saturated heterocycles. The van der Waals surface area contributed by atoms with Gasteiger partial charge in [-0.25, -0.2) is 4.98 Å². The van der Waals surface area contributed by atoms with Crippen molar-refractivity contribution < 1.29 is 0 Å². The highest BCUT2D eigenvalue weighted by molar-refractivity contribution is 7.09. The van der Waals surface area contributed by atoms with E-state index >= 15 is 0 Å². The van der Waals surface area contributed by atoms with Gasteiger partial charge in [-0.1, -0.05) is 30.3 Å². The van der Waals surface area contributed by atoms with Crippen LogP contribution < -0.4 is 5.32 Å². The van der Waals surface area contributed by atoms with Crippen LogP contribution in [0, 0.1) is 0 Å². The summed E-state index contributed by atoms with van der Waals surface area (Å²) in [5, 5.41) is 7.21. The van der Waals surface area contributed by atoms with Crippen LogP contribution >= 0.6 is 11.3 Å². The SMILES string of the molecule is CC(C)NC1(c2csc(Cc3ccccc3)n2)CCC1. The molecular formula is C17H22N2S. The van der Waals surface area contributed by atoms with Crippen molar-refractivity contribution >= 4 is 11.3 Å². The fourth-order valence-electron chi connectivity index (χ4n) is 2.94. The average molecular weight is 286 g/mol. The van der Waals surface area contributed by atoms with E-state index in [0.717, 1.165) is 6.42 Å². The van der Waals surface area contributed by atoms with Crippen LogP contribution in [-0.4, -0.2) is 11.0 Å². The van der Waals surface area contributed by atoms with E-state index in [0.29, 0.717) is 6.04 Å². The van der Waals surface area contributed by atoms with E-state index < -0.39 is 0 Å². The standard InChI is InChI=1S/C17H22N2S/c1-13(2)19-17(9-6-10-17)15-12-20-16(18-15)11-14-7-4-3-5-8-14/h3-5,7-8,12-13,19H,6,9-11H2,1-2H3. The Morgan fingerprint density at radius 1 is 1.25 bits per heavy atom. The lowest BCUT2D eigenvalue weighted by Gasteiger charge is -2.43. The van der Waals surface area contributed by atoms with Crippen molar-refractivity contribution in [2.75, 3.05) is 0 Å². The third-order valence-corrected chi connectivity index (χ3v) is 4.86. The molecule has 0 unspecified atom stereocenters. The first kappa shape index (κ1) is 13.8. The predicted octanol–water partition coefficient (Wildman–Crippen LogP) is 4.11. The molecule has 1 aromatic heterocycles. The van der Waals surface area contributed by atoms with Crippen LogP contribution in [0.25, 0.3) is 0 Å². The smallest absolute Gasteiger partial charge is 0.0973 e. The van der Waals surface area contributed by atoms with Gasteiger partial charge in [0.25, 0.3) is 0 Å². The summed E-state index contributed by atoms with van der Waals surface area (Å²) in [6, 6.07) is 11.1. The highest BCUT2D eigenvalue weighted by Crippen LogP contribution is 2.42.